The highest BCUT2D eigenvalue weighted by atomic mass is 32.1. The van der Waals surface area contributed by atoms with Gasteiger partial charge in [0.05, 0.1) is 10.6 Å². The Morgan fingerprint density at radius 3 is 2.46 bits per heavy atom. The summed E-state index contributed by atoms with van der Waals surface area (Å²) < 4.78 is 1.84. The van der Waals surface area contributed by atoms with E-state index in [1.54, 1.807) is 23.3 Å². The maximum atomic E-state index is 12.5. The number of nitrogens with zero attached hydrogens (tertiary/aromatic N) is 4. The maximum absolute atomic E-state index is 12.5. The van der Waals surface area contributed by atoms with Crippen molar-refractivity contribution >= 4 is 40.7 Å². The summed E-state index contributed by atoms with van der Waals surface area (Å²) in [6.45, 7) is 0. The molecule has 2 aromatic heterocycles. The SMILES string of the molecule is CN1C(=O)/C(=C\c2cn(-c3ccccc3)nc2-c2cccs2)N(C)C1=S. The molecule has 3 heterocycles. The van der Waals surface area contributed by atoms with Gasteiger partial charge in [-0.2, -0.15) is 5.10 Å². The predicted molar refractivity (Wildman–Crippen MR) is 108 cm³/mol. The number of para-hydroxylation sites is 1. The molecular formula is C19H16N4OS2. The first-order valence-corrected chi connectivity index (χ1v) is 9.31. The Morgan fingerprint density at radius 2 is 1.85 bits per heavy atom. The van der Waals surface area contributed by atoms with E-state index in [2.05, 4.69) is 0 Å². The molecule has 1 aliphatic rings. The Hall–Kier alpha value is -2.77. The number of hydrogen-bond acceptors (Lipinski definition) is 4. The first kappa shape index (κ1) is 16.7. The van der Waals surface area contributed by atoms with Crippen molar-refractivity contribution in [3.63, 3.8) is 0 Å². The average Bonchev–Trinajstić information content (AvgIpc) is 3.37. The highest BCUT2D eigenvalue weighted by Gasteiger charge is 2.33. The second kappa shape index (κ2) is 6.51. The second-order valence-corrected chi connectivity index (χ2v) is 7.24. The minimum absolute atomic E-state index is 0.109. The Kier molecular flexibility index (Phi) is 4.18. The van der Waals surface area contributed by atoms with Crippen LogP contribution in [-0.2, 0) is 4.79 Å². The molecule has 0 spiro atoms. The average molecular weight is 380 g/mol. The molecule has 1 amide bonds. The molecular weight excluding hydrogens is 364 g/mol. The molecule has 26 heavy (non-hydrogen) atoms. The minimum Gasteiger partial charge on any atom is -0.317 e. The van der Waals surface area contributed by atoms with Gasteiger partial charge in [0, 0.05) is 25.9 Å². The van der Waals surface area contributed by atoms with Crippen molar-refractivity contribution in [1.82, 2.24) is 19.6 Å². The number of thiophene rings is 1. The summed E-state index contributed by atoms with van der Waals surface area (Å²) in [5, 5.41) is 7.27. The second-order valence-electron chi connectivity index (χ2n) is 5.93. The Labute approximate surface area is 160 Å². The molecule has 0 aliphatic carbocycles. The molecule has 4 rings (SSSR count). The largest absolute Gasteiger partial charge is 0.317 e. The van der Waals surface area contributed by atoms with Crippen LogP contribution in [0.1, 0.15) is 5.56 Å². The fraction of sp³-hybridized carbons (Fsp3) is 0.105. The highest BCUT2D eigenvalue weighted by Crippen LogP contribution is 2.30. The number of carbonyl (C=O) groups excluding carboxylic acids is 1. The van der Waals surface area contributed by atoms with Gasteiger partial charge in [-0.05, 0) is 41.9 Å². The first-order chi connectivity index (χ1) is 12.6. The standard InChI is InChI=1S/C19H16N4OS2/c1-21-15(18(24)22(2)19(21)25)11-13-12-23(14-7-4-3-5-8-14)20-17(13)16-9-6-10-26-16/h3-12H,1-2H3/b15-11+. The van der Waals surface area contributed by atoms with Gasteiger partial charge in [-0.1, -0.05) is 24.3 Å². The van der Waals surface area contributed by atoms with Crippen LogP contribution < -0.4 is 0 Å². The first-order valence-electron chi connectivity index (χ1n) is 8.02. The summed E-state index contributed by atoms with van der Waals surface area (Å²) in [4.78, 5) is 16.8. The molecule has 1 aliphatic heterocycles. The number of rotatable bonds is 3. The van der Waals surface area contributed by atoms with Crippen molar-refractivity contribution in [3.8, 4) is 16.3 Å². The van der Waals surface area contributed by atoms with E-state index in [9.17, 15) is 4.79 Å². The van der Waals surface area contributed by atoms with Crippen molar-refractivity contribution in [2.75, 3.05) is 14.1 Å². The van der Waals surface area contributed by atoms with Crippen molar-refractivity contribution < 1.29 is 4.79 Å². The molecule has 1 saturated heterocycles. The third-order valence-corrected chi connectivity index (χ3v) is 5.69. The molecule has 0 unspecified atom stereocenters. The van der Waals surface area contributed by atoms with Gasteiger partial charge in [-0.25, -0.2) is 4.68 Å². The third-order valence-electron chi connectivity index (χ3n) is 4.27. The van der Waals surface area contributed by atoms with Gasteiger partial charge < -0.3 is 4.90 Å². The third kappa shape index (κ3) is 2.75. The van der Waals surface area contributed by atoms with Gasteiger partial charge in [-0.15, -0.1) is 11.3 Å². The summed E-state index contributed by atoms with van der Waals surface area (Å²) >= 11 is 6.92. The lowest BCUT2D eigenvalue weighted by Gasteiger charge is -2.10. The molecule has 1 fully saturated rings. The van der Waals surface area contributed by atoms with E-state index in [4.69, 9.17) is 17.3 Å². The molecule has 130 valence electrons. The van der Waals surface area contributed by atoms with Crippen LogP contribution in [0.3, 0.4) is 0 Å². The van der Waals surface area contributed by atoms with Crippen LogP contribution in [0.25, 0.3) is 22.3 Å². The van der Waals surface area contributed by atoms with Crippen LogP contribution in [0, 0.1) is 0 Å². The molecule has 5 nitrogen and oxygen atoms in total. The Balaban J connectivity index is 1.85. The van der Waals surface area contributed by atoms with E-state index in [-0.39, 0.29) is 5.91 Å². The molecule has 3 aromatic rings. The summed E-state index contributed by atoms with van der Waals surface area (Å²) in [7, 11) is 3.50. The monoisotopic (exact) mass is 380 g/mol. The smallest absolute Gasteiger partial charge is 0.276 e. The van der Waals surface area contributed by atoms with Gasteiger partial charge in [-0.3, -0.25) is 9.69 Å². The van der Waals surface area contributed by atoms with Crippen LogP contribution in [0.5, 0.6) is 0 Å². The van der Waals surface area contributed by atoms with E-state index in [1.165, 1.54) is 4.90 Å². The van der Waals surface area contributed by atoms with Crippen molar-refractivity contribution in [3.05, 3.63) is 65.3 Å². The maximum Gasteiger partial charge on any atom is 0.276 e. The Morgan fingerprint density at radius 1 is 1.08 bits per heavy atom. The minimum atomic E-state index is -0.109. The number of carbonyl (C=O) groups is 1. The number of benzene rings is 1. The lowest BCUT2D eigenvalue weighted by Crippen LogP contribution is -2.26. The lowest BCUT2D eigenvalue weighted by atomic mass is 10.2. The molecule has 0 atom stereocenters. The van der Waals surface area contributed by atoms with E-state index < -0.39 is 0 Å². The molecule has 7 heteroatoms. The van der Waals surface area contributed by atoms with Crippen LogP contribution in [0.15, 0.2) is 59.7 Å². The summed E-state index contributed by atoms with van der Waals surface area (Å²) in [5.74, 6) is -0.109. The van der Waals surface area contributed by atoms with E-state index in [0.29, 0.717) is 10.8 Å². The van der Waals surface area contributed by atoms with E-state index >= 15 is 0 Å². The van der Waals surface area contributed by atoms with Gasteiger partial charge in [0.1, 0.15) is 11.4 Å². The zero-order valence-electron chi connectivity index (χ0n) is 14.3. The fourth-order valence-electron chi connectivity index (χ4n) is 2.85. The zero-order valence-corrected chi connectivity index (χ0v) is 15.9. The molecule has 1 aromatic carbocycles. The highest BCUT2D eigenvalue weighted by molar-refractivity contribution is 7.80. The molecule has 0 N–H and O–H groups in total. The van der Waals surface area contributed by atoms with Crippen LogP contribution >= 0.6 is 23.6 Å². The zero-order chi connectivity index (χ0) is 18.3. The lowest BCUT2D eigenvalue weighted by molar-refractivity contribution is -0.121. The Bertz CT molecular complexity index is 1010. The predicted octanol–water partition coefficient (Wildman–Crippen LogP) is 3.63. The molecule has 0 saturated carbocycles. The fourth-order valence-corrected chi connectivity index (χ4v) is 3.76. The summed E-state index contributed by atoms with van der Waals surface area (Å²) in [5.41, 5.74) is 3.24. The number of likely N-dealkylation sites (N-methyl/N-ethyl adjacent to an activating group) is 2. The van der Waals surface area contributed by atoms with E-state index in [0.717, 1.165) is 21.8 Å². The molecule has 0 radical (unpaired) electrons. The van der Waals surface area contributed by atoms with Gasteiger partial charge >= 0.3 is 0 Å². The number of thiocarbonyl (C=S) groups is 1. The number of aromatic nitrogens is 2. The molecule has 0 bridgehead atoms. The van der Waals surface area contributed by atoms with Crippen LogP contribution in [0.4, 0.5) is 0 Å². The van der Waals surface area contributed by atoms with Crippen molar-refractivity contribution in [1.29, 1.82) is 0 Å². The van der Waals surface area contributed by atoms with Gasteiger partial charge in [0.25, 0.3) is 5.91 Å². The topological polar surface area (TPSA) is 41.4 Å². The van der Waals surface area contributed by atoms with Crippen molar-refractivity contribution in [2.24, 2.45) is 0 Å². The van der Waals surface area contributed by atoms with Crippen LogP contribution in [-0.4, -0.2) is 44.7 Å². The number of amides is 1. The quantitative estimate of drug-likeness (QED) is 0.514. The normalized spacial score (nSPS) is 16.2. The van der Waals surface area contributed by atoms with Gasteiger partial charge in [0.15, 0.2) is 5.11 Å². The van der Waals surface area contributed by atoms with Crippen LogP contribution in [0.2, 0.25) is 0 Å². The summed E-state index contributed by atoms with van der Waals surface area (Å²) in [6, 6.07) is 13.9. The van der Waals surface area contributed by atoms with Crippen molar-refractivity contribution in [2.45, 2.75) is 0 Å². The number of hydrogen-bond donors (Lipinski definition) is 0. The summed E-state index contributed by atoms with van der Waals surface area (Å²) in [6.07, 6.45) is 3.81. The van der Waals surface area contributed by atoms with Gasteiger partial charge in [0.2, 0.25) is 0 Å². The van der Waals surface area contributed by atoms with E-state index in [1.807, 2.05) is 71.8 Å².